The van der Waals surface area contributed by atoms with Gasteiger partial charge in [-0.1, -0.05) is 74.4 Å². The van der Waals surface area contributed by atoms with Crippen molar-refractivity contribution in [1.29, 1.82) is 0 Å². The molecule has 1 aliphatic carbocycles. The molecule has 27 heavy (non-hydrogen) atoms. The third-order valence-electron chi connectivity index (χ3n) is 5.35. The number of thiocarbonyl (C=S) groups is 1. The highest BCUT2D eigenvalue weighted by atomic mass is 32.1. The van der Waals surface area contributed by atoms with Crippen LogP contribution in [0.4, 0.5) is 0 Å². The average molecular weight is 383 g/mol. The first-order valence-corrected chi connectivity index (χ1v) is 10.4. The van der Waals surface area contributed by atoms with Crippen LogP contribution < -0.4 is 10.6 Å². The fraction of sp³-hybridized carbons (Fsp3) is 0.435. The molecule has 0 aromatic heterocycles. The molecule has 0 aliphatic heterocycles. The Morgan fingerprint density at radius 2 is 1.67 bits per heavy atom. The van der Waals surface area contributed by atoms with Crippen LogP contribution in [0.1, 0.15) is 49.3 Å². The molecule has 3 nitrogen and oxygen atoms in total. The van der Waals surface area contributed by atoms with Gasteiger partial charge in [-0.3, -0.25) is 0 Å². The van der Waals surface area contributed by atoms with Gasteiger partial charge in [-0.25, -0.2) is 0 Å². The zero-order valence-corrected chi connectivity index (χ0v) is 16.9. The minimum atomic E-state index is 0.503. The lowest BCUT2D eigenvalue weighted by Gasteiger charge is -2.30. The van der Waals surface area contributed by atoms with E-state index in [1.807, 2.05) is 18.2 Å². The van der Waals surface area contributed by atoms with E-state index < -0.39 is 0 Å². The molecule has 0 spiro atoms. The highest BCUT2D eigenvalue weighted by Gasteiger charge is 2.21. The van der Waals surface area contributed by atoms with Gasteiger partial charge >= 0.3 is 0 Å². The van der Waals surface area contributed by atoms with Crippen LogP contribution in [0.25, 0.3) is 0 Å². The van der Waals surface area contributed by atoms with Crippen LogP contribution in [0, 0.1) is 5.92 Å². The lowest BCUT2D eigenvalue weighted by Crippen LogP contribution is -2.45. The van der Waals surface area contributed by atoms with Crippen molar-refractivity contribution in [2.75, 3.05) is 0 Å². The van der Waals surface area contributed by atoms with Gasteiger partial charge < -0.3 is 15.4 Å². The van der Waals surface area contributed by atoms with E-state index in [2.05, 4.69) is 54.0 Å². The molecule has 2 aromatic carbocycles. The van der Waals surface area contributed by atoms with Crippen molar-refractivity contribution in [2.24, 2.45) is 5.92 Å². The van der Waals surface area contributed by atoms with Gasteiger partial charge in [0.1, 0.15) is 0 Å². The fourth-order valence-corrected chi connectivity index (χ4v) is 3.87. The fourth-order valence-electron chi connectivity index (χ4n) is 3.65. The summed E-state index contributed by atoms with van der Waals surface area (Å²) in [4.78, 5) is 0. The summed E-state index contributed by atoms with van der Waals surface area (Å²) in [5.41, 5.74) is 3.63. The van der Waals surface area contributed by atoms with Gasteiger partial charge in [-0.05, 0) is 47.7 Å². The Kier molecular flexibility index (Phi) is 7.66. The summed E-state index contributed by atoms with van der Waals surface area (Å²) in [6, 6.07) is 19.2. The van der Waals surface area contributed by atoms with Crippen molar-refractivity contribution in [3.8, 4) is 0 Å². The summed E-state index contributed by atoms with van der Waals surface area (Å²) in [5.74, 6) is 0.692. The third-order valence-corrected chi connectivity index (χ3v) is 5.62. The van der Waals surface area contributed by atoms with Crippen LogP contribution in [0.3, 0.4) is 0 Å². The minimum absolute atomic E-state index is 0.503. The Labute approximate surface area is 168 Å². The highest BCUT2D eigenvalue weighted by Crippen LogP contribution is 2.23. The SMILES string of the molecule is CC1CCCCC1NC(=S)NCc1ccccc1COCc1ccccc1. The maximum absolute atomic E-state index is 5.91. The molecule has 4 heteroatoms. The Morgan fingerprint density at radius 1 is 0.963 bits per heavy atom. The number of nitrogens with one attached hydrogen (secondary N) is 2. The Morgan fingerprint density at radius 3 is 2.44 bits per heavy atom. The molecule has 1 fully saturated rings. The van der Waals surface area contributed by atoms with E-state index in [0.29, 0.717) is 25.2 Å². The Hall–Kier alpha value is -1.91. The predicted molar refractivity (Wildman–Crippen MR) is 115 cm³/mol. The number of ether oxygens (including phenoxy) is 1. The molecule has 0 amide bonds. The topological polar surface area (TPSA) is 33.3 Å². The zero-order chi connectivity index (χ0) is 18.9. The van der Waals surface area contributed by atoms with E-state index in [1.54, 1.807) is 0 Å². The van der Waals surface area contributed by atoms with Gasteiger partial charge in [0.25, 0.3) is 0 Å². The maximum Gasteiger partial charge on any atom is 0.166 e. The van der Waals surface area contributed by atoms with E-state index >= 15 is 0 Å². The molecule has 2 aromatic rings. The summed E-state index contributed by atoms with van der Waals surface area (Å²) in [7, 11) is 0. The quantitative estimate of drug-likeness (QED) is 0.664. The highest BCUT2D eigenvalue weighted by molar-refractivity contribution is 7.80. The van der Waals surface area contributed by atoms with Crippen LogP contribution in [0.2, 0.25) is 0 Å². The molecule has 0 heterocycles. The third kappa shape index (κ3) is 6.33. The molecule has 2 unspecified atom stereocenters. The van der Waals surface area contributed by atoms with Crippen molar-refractivity contribution in [3.63, 3.8) is 0 Å². The largest absolute Gasteiger partial charge is 0.372 e. The smallest absolute Gasteiger partial charge is 0.166 e. The van der Waals surface area contributed by atoms with Crippen molar-refractivity contribution < 1.29 is 4.74 Å². The molecule has 3 rings (SSSR count). The lowest BCUT2D eigenvalue weighted by atomic mass is 9.86. The summed E-state index contributed by atoms with van der Waals surface area (Å²) in [6.45, 7) is 4.27. The summed E-state index contributed by atoms with van der Waals surface area (Å²) >= 11 is 5.53. The molecule has 2 N–H and O–H groups in total. The molecule has 1 saturated carbocycles. The molecule has 0 saturated heterocycles. The van der Waals surface area contributed by atoms with Crippen molar-refractivity contribution in [3.05, 3.63) is 71.3 Å². The Balaban J connectivity index is 1.47. The number of benzene rings is 2. The van der Waals surface area contributed by atoms with Crippen molar-refractivity contribution in [2.45, 2.75) is 58.4 Å². The monoisotopic (exact) mass is 382 g/mol. The van der Waals surface area contributed by atoms with E-state index in [4.69, 9.17) is 17.0 Å². The maximum atomic E-state index is 5.91. The molecule has 1 aliphatic rings. The average Bonchev–Trinajstić information content (AvgIpc) is 2.70. The van der Waals surface area contributed by atoms with Gasteiger partial charge in [0.05, 0.1) is 13.2 Å². The van der Waals surface area contributed by atoms with Crippen molar-refractivity contribution >= 4 is 17.3 Å². The molecule has 144 valence electrons. The van der Waals surface area contributed by atoms with Gasteiger partial charge in [0.15, 0.2) is 5.11 Å². The predicted octanol–water partition coefficient (Wildman–Crippen LogP) is 4.95. The van der Waals surface area contributed by atoms with Crippen LogP contribution in [0.15, 0.2) is 54.6 Å². The van der Waals surface area contributed by atoms with Gasteiger partial charge in [-0.15, -0.1) is 0 Å². The first kappa shape index (κ1) is 19.8. The van der Waals surface area contributed by atoms with Gasteiger partial charge in [0, 0.05) is 12.6 Å². The first-order chi connectivity index (χ1) is 13.2. The second kappa shape index (κ2) is 10.4. The van der Waals surface area contributed by atoms with E-state index in [0.717, 1.165) is 11.7 Å². The minimum Gasteiger partial charge on any atom is -0.372 e. The molecule has 0 radical (unpaired) electrons. The van der Waals surface area contributed by atoms with Gasteiger partial charge in [-0.2, -0.15) is 0 Å². The van der Waals surface area contributed by atoms with Crippen LogP contribution in [-0.2, 0) is 24.5 Å². The molecular weight excluding hydrogens is 352 g/mol. The number of rotatable bonds is 7. The molecule has 2 atom stereocenters. The standard InChI is InChI=1S/C23H30N2OS/c1-18-9-5-8-14-22(18)25-23(27)24-15-20-12-6-7-13-21(20)17-26-16-19-10-3-2-4-11-19/h2-4,6-7,10-13,18,22H,5,8-9,14-17H2,1H3,(H2,24,25,27). The number of hydrogen-bond donors (Lipinski definition) is 2. The summed E-state index contributed by atoms with van der Waals surface area (Å²) in [6.07, 6.45) is 5.15. The second-order valence-electron chi connectivity index (χ2n) is 7.44. The summed E-state index contributed by atoms with van der Waals surface area (Å²) in [5, 5.41) is 7.65. The normalized spacial score (nSPS) is 19.4. The second-order valence-corrected chi connectivity index (χ2v) is 7.85. The Bertz CT molecular complexity index is 719. The van der Waals surface area contributed by atoms with Crippen molar-refractivity contribution in [1.82, 2.24) is 10.6 Å². The molecule has 0 bridgehead atoms. The lowest BCUT2D eigenvalue weighted by molar-refractivity contribution is 0.106. The zero-order valence-electron chi connectivity index (χ0n) is 16.1. The van der Waals surface area contributed by atoms with Crippen LogP contribution >= 0.6 is 12.2 Å². The van der Waals surface area contributed by atoms with Crippen LogP contribution in [-0.4, -0.2) is 11.2 Å². The van der Waals surface area contributed by atoms with E-state index in [9.17, 15) is 0 Å². The molecular formula is C23H30N2OS. The van der Waals surface area contributed by atoms with E-state index in [1.165, 1.54) is 42.4 Å². The summed E-state index contributed by atoms with van der Waals surface area (Å²) < 4.78 is 5.91. The van der Waals surface area contributed by atoms with E-state index in [-0.39, 0.29) is 0 Å². The van der Waals surface area contributed by atoms with Crippen LogP contribution in [0.5, 0.6) is 0 Å². The number of hydrogen-bond acceptors (Lipinski definition) is 2. The van der Waals surface area contributed by atoms with Gasteiger partial charge in [0.2, 0.25) is 0 Å². The first-order valence-electron chi connectivity index (χ1n) is 9.95.